The molecule has 2 N–H and O–H groups in total. The molecular formula is C15H17Cl2N3O2. The number of rotatable bonds is 5. The predicted octanol–water partition coefficient (Wildman–Crippen LogP) is 3.43. The molecule has 1 aromatic heterocycles. The van der Waals surface area contributed by atoms with Crippen LogP contribution in [0, 0.1) is 6.92 Å². The molecule has 0 saturated heterocycles. The highest BCUT2D eigenvalue weighted by molar-refractivity contribution is 6.35. The molecule has 0 aliphatic carbocycles. The van der Waals surface area contributed by atoms with E-state index >= 15 is 0 Å². The zero-order valence-corrected chi connectivity index (χ0v) is 14.0. The van der Waals surface area contributed by atoms with Gasteiger partial charge >= 0.3 is 0 Å². The van der Waals surface area contributed by atoms with E-state index < -0.39 is 0 Å². The first kappa shape index (κ1) is 16.5. The molecule has 5 nitrogen and oxygen atoms in total. The first-order valence-corrected chi connectivity index (χ1v) is 7.36. The number of nitrogens with zero attached hydrogens (tertiary/aromatic N) is 1. The van der Waals surface area contributed by atoms with Crippen molar-refractivity contribution in [1.29, 1.82) is 0 Å². The van der Waals surface area contributed by atoms with Crippen LogP contribution in [-0.4, -0.2) is 29.2 Å². The Morgan fingerprint density at radius 1 is 1.23 bits per heavy atom. The third kappa shape index (κ3) is 3.87. The number of halogens is 2. The van der Waals surface area contributed by atoms with E-state index in [0.29, 0.717) is 27.1 Å². The summed E-state index contributed by atoms with van der Waals surface area (Å²) < 4.78 is 5.69. The SMILES string of the molecule is Cc1cc(OCc2[nH][nH]c(=O)c2C=CN(C)C)c(Cl)cc1Cl. The molecule has 0 saturated carbocycles. The highest BCUT2D eigenvalue weighted by atomic mass is 35.5. The van der Waals surface area contributed by atoms with Gasteiger partial charge in [-0.3, -0.25) is 15.0 Å². The zero-order chi connectivity index (χ0) is 16.3. The average molecular weight is 342 g/mol. The van der Waals surface area contributed by atoms with Gasteiger partial charge in [-0.1, -0.05) is 23.2 Å². The minimum atomic E-state index is -0.199. The molecule has 22 heavy (non-hydrogen) atoms. The molecule has 0 radical (unpaired) electrons. The number of aryl methyl sites for hydroxylation is 1. The molecule has 0 unspecified atom stereocenters. The first-order valence-electron chi connectivity index (χ1n) is 6.61. The average Bonchev–Trinajstić information content (AvgIpc) is 2.79. The van der Waals surface area contributed by atoms with Gasteiger partial charge in [0.05, 0.1) is 16.3 Å². The molecule has 0 aliphatic rings. The number of aromatic amines is 2. The van der Waals surface area contributed by atoms with E-state index in [4.69, 9.17) is 27.9 Å². The van der Waals surface area contributed by atoms with E-state index in [1.807, 2.05) is 25.9 Å². The van der Waals surface area contributed by atoms with Gasteiger partial charge in [0.2, 0.25) is 0 Å². The van der Waals surface area contributed by atoms with Crippen molar-refractivity contribution < 1.29 is 4.74 Å². The van der Waals surface area contributed by atoms with Crippen LogP contribution in [0.3, 0.4) is 0 Å². The van der Waals surface area contributed by atoms with Gasteiger partial charge in [0, 0.05) is 19.1 Å². The fourth-order valence-corrected chi connectivity index (χ4v) is 2.25. The molecule has 0 atom stereocenters. The van der Waals surface area contributed by atoms with Crippen molar-refractivity contribution in [2.75, 3.05) is 14.1 Å². The fraction of sp³-hybridized carbons (Fsp3) is 0.267. The number of hydrogen-bond acceptors (Lipinski definition) is 3. The van der Waals surface area contributed by atoms with Gasteiger partial charge in [-0.05, 0) is 36.9 Å². The molecule has 0 fully saturated rings. The van der Waals surface area contributed by atoms with Gasteiger partial charge in [-0.2, -0.15) is 0 Å². The molecule has 1 aromatic carbocycles. The van der Waals surface area contributed by atoms with Crippen LogP contribution in [0.5, 0.6) is 5.75 Å². The van der Waals surface area contributed by atoms with Crippen LogP contribution >= 0.6 is 23.2 Å². The summed E-state index contributed by atoms with van der Waals surface area (Å²) in [5.41, 5.74) is 1.84. The minimum absolute atomic E-state index is 0.187. The maximum absolute atomic E-state index is 11.8. The zero-order valence-electron chi connectivity index (χ0n) is 12.5. The Balaban J connectivity index is 2.19. The van der Waals surface area contributed by atoms with Crippen molar-refractivity contribution in [1.82, 2.24) is 15.1 Å². The van der Waals surface area contributed by atoms with Gasteiger partial charge < -0.3 is 9.64 Å². The van der Waals surface area contributed by atoms with Crippen molar-refractivity contribution in [3.63, 3.8) is 0 Å². The smallest absolute Gasteiger partial charge is 0.271 e. The second kappa shape index (κ2) is 6.94. The Bertz CT molecular complexity index is 748. The normalized spacial score (nSPS) is 11.1. The van der Waals surface area contributed by atoms with Crippen LogP contribution in [0.4, 0.5) is 0 Å². The Kier molecular flexibility index (Phi) is 5.21. The van der Waals surface area contributed by atoms with Crippen LogP contribution in [0.15, 0.2) is 23.1 Å². The topological polar surface area (TPSA) is 61.1 Å². The fourth-order valence-electron chi connectivity index (χ4n) is 1.81. The monoisotopic (exact) mass is 341 g/mol. The summed E-state index contributed by atoms with van der Waals surface area (Å²) in [6.07, 6.45) is 3.52. The molecule has 2 rings (SSSR count). The summed E-state index contributed by atoms with van der Waals surface area (Å²) >= 11 is 12.1. The summed E-state index contributed by atoms with van der Waals surface area (Å²) in [4.78, 5) is 13.6. The molecule has 1 heterocycles. The lowest BCUT2D eigenvalue weighted by atomic mass is 10.2. The number of hydrogen-bond donors (Lipinski definition) is 2. The molecule has 0 aliphatic heterocycles. The van der Waals surface area contributed by atoms with Gasteiger partial charge in [0.1, 0.15) is 12.4 Å². The van der Waals surface area contributed by atoms with Gasteiger partial charge in [0.25, 0.3) is 5.56 Å². The third-order valence-corrected chi connectivity index (χ3v) is 3.72. The maximum atomic E-state index is 11.8. The second-order valence-electron chi connectivity index (χ2n) is 5.07. The van der Waals surface area contributed by atoms with Crippen LogP contribution in [0.1, 0.15) is 16.8 Å². The van der Waals surface area contributed by atoms with E-state index in [-0.39, 0.29) is 12.2 Å². The molecular weight excluding hydrogens is 325 g/mol. The van der Waals surface area contributed by atoms with Crippen LogP contribution in [-0.2, 0) is 6.61 Å². The van der Waals surface area contributed by atoms with Gasteiger partial charge in [-0.25, -0.2) is 0 Å². The lowest BCUT2D eigenvalue weighted by molar-refractivity contribution is 0.301. The summed E-state index contributed by atoms with van der Waals surface area (Å²) in [5.74, 6) is 0.521. The van der Waals surface area contributed by atoms with E-state index in [1.165, 1.54) is 0 Å². The summed E-state index contributed by atoms with van der Waals surface area (Å²) in [6.45, 7) is 2.06. The van der Waals surface area contributed by atoms with Crippen molar-refractivity contribution in [2.45, 2.75) is 13.5 Å². The largest absolute Gasteiger partial charge is 0.486 e. The van der Waals surface area contributed by atoms with Crippen molar-refractivity contribution in [2.24, 2.45) is 0 Å². The Hall–Kier alpha value is -1.85. The van der Waals surface area contributed by atoms with Crippen LogP contribution in [0.25, 0.3) is 6.08 Å². The molecule has 118 valence electrons. The lowest BCUT2D eigenvalue weighted by Crippen LogP contribution is -2.06. The quantitative estimate of drug-likeness (QED) is 0.875. The number of nitrogens with one attached hydrogen (secondary N) is 2. The minimum Gasteiger partial charge on any atom is -0.486 e. The van der Waals surface area contributed by atoms with E-state index in [1.54, 1.807) is 24.4 Å². The Labute approximate surface area is 138 Å². The molecule has 2 aromatic rings. The highest BCUT2D eigenvalue weighted by Crippen LogP contribution is 2.31. The Morgan fingerprint density at radius 3 is 2.64 bits per heavy atom. The maximum Gasteiger partial charge on any atom is 0.271 e. The van der Waals surface area contributed by atoms with Crippen LogP contribution in [0.2, 0.25) is 10.0 Å². The van der Waals surface area contributed by atoms with E-state index in [2.05, 4.69) is 10.2 Å². The van der Waals surface area contributed by atoms with Crippen molar-refractivity contribution >= 4 is 29.3 Å². The lowest BCUT2D eigenvalue weighted by Gasteiger charge is -2.09. The second-order valence-corrected chi connectivity index (χ2v) is 5.89. The summed E-state index contributed by atoms with van der Waals surface area (Å²) in [7, 11) is 3.76. The third-order valence-electron chi connectivity index (χ3n) is 3.02. The Morgan fingerprint density at radius 2 is 1.95 bits per heavy atom. The summed E-state index contributed by atoms with van der Waals surface area (Å²) in [5, 5.41) is 6.37. The molecule has 0 amide bonds. The predicted molar refractivity (Wildman–Crippen MR) is 89.7 cm³/mol. The van der Waals surface area contributed by atoms with E-state index in [9.17, 15) is 4.79 Å². The molecule has 7 heteroatoms. The van der Waals surface area contributed by atoms with Gasteiger partial charge in [-0.15, -0.1) is 0 Å². The van der Waals surface area contributed by atoms with Crippen LogP contribution < -0.4 is 10.3 Å². The number of ether oxygens (including phenoxy) is 1. The van der Waals surface area contributed by atoms with Crippen molar-refractivity contribution in [3.05, 3.63) is 55.6 Å². The molecule has 0 spiro atoms. The summed E-state index contributed by atoms with van der Waals surface area (Å²) in [6, 6.07) is 3.41. The number of aromatic nitrogens is 2. The number of benzene rings is 1. The van der Waals surface area contributed by atoms with Gasteiger partial charge in [0.15, 0.2) is 0 Å². The number of H-pyrrole nitrogens is 2. The first-order chi connectivity index (χ1) is 10.4. The standard InChI is InChI=1S/C15H17Cl2N3O2/c1-9-6-14(12(17)7-11(9)16)22-8-13-10(4-5-20(2)3)15(21)19-18-13/h4-7H,8H2,1-3H3,(H2,18,19,21). The highest BCUT2D eigenvalue weighted by Gasteiger charge is 2.10. The van der Waals surface area contributed by atoms with Crippen molar-refractivity contribution in [3.8, 4) is 5.75 Å². The van der Waals surface area contributed by atoms with E-state index in [0.717, 1.165) is 5.56 Å². The molecule has 0 bridgehead atoms.